The fraction of sp³-hybridized carbons (Fsp3) is 0.688. The number of carbonyl (C=O) groups is 1. The highest BCUT2D eigenvalue weighted by Gasteiger charge is 2.30. The molecule has 2 aliphatic rings. The van der Waals surface area contributed by atoms with Crippen LogP contribution in [0.5, 0.6) is 0 Å². The second-order valence-electron chi connectivity index (χ2n) is 6.75. The first-order valence-electron chi connectivity index (χ1n) is 8.71. The molecule has 2 saturated heterocycles. The van der Waals surface area contributed by atoms with E-state index in [1.807, 2.05) is 6.92 Å². The van der Waals surface area contributed by atoms with Crippen molar-refractivity contribution in [3.05, 3.63) is 18.0 Å². The summed E-state index contributed by atoms with van der Waals surface area (Å²) in [6.07, 6.45) is 3.21. The van der Waals surface area contributed by atoms with Crippen molar-refractivity contribution in [1.82, 2.24) is 14.2 Å². The molecule has 3 heterocycles. The van der Waals surface area contributed by atoms with Gasteiger partial charge in [-0.2, -0.15) is 16.1 Å². The Kier molecular flexibility index (Phi) is 7.43. The quantitative estimate of drug-likeness (QED) is 0.763. The first-order chi connectivity index (χ1) is 11.9. The molecule has 0 bridgehead atoms. The van der Waals surface area contributed by atoms with Crippen molar-refractivity contribution in [2.24, 2.45) is 11.7 Å². The van der Waals surface area contributed by atoms with Gasteiger partial charge in [-0.05, 0) is 31.7 Å². The molecule has 0 saturated carbocycles. The van der Waals surface area contributed by atoms with Crippen LogP contribution in [0, 0.1) is 5.92 Å². The number of rotatable bonds is 4. The van der Waals surface area contributed by atoms with E-state index in [4.69, 9.17) is 5.73 Å². The highest BCUT2D eigenvalue weighted by Crippen LogP contribution is 2.23. The Morgan fingerprint density at radius 1 is 1.27 bits per heavy atom. The van der Waals surface area contributed by atoms with Crippen molar-refractivity contribution in [3.63, 3.8) is 0 Å². The molecule has 1 atom stereocenters. The van der Waals surface area contributed by atoms with Gasteiger partial charge in [-0.15, -0.1) is 12.4 Å². The van der Waals surface area contributed by atoms with E-state index in [1.165, 1.54) is 16.6 Å². The number of hydrogen-bond donors (Lipinski definition) is 2. The van der Waals surface area contributed by atoms with E-state index in [-0.39, 0.29) is 29.3 Å². The highest BCUT2D eigenvalue weighted by molar-refractivity contribution is 7.99. The lowest BCUT2D eigenvalue weighted by atomic mass is 9.91. The van der Waals surface area contributed by atoms with Crippen LogP contribution in [-0.4, -0.2) is 72.2 Å². The lowest BCUT2D eigenvalue weighted by molar-refractivity contribution is 0.0675. The fourth-order valence-corrected chi connectivity index (χ4v) is 5.95. The molecule has 2 aliphatic heterocycles. The number of aromatic amines is 1. The summed E-state index contributed by atoms with van der Waals surface area (Å²) in [5, 5.41) is 0. The van der Waals surface area contributed by atoms with Gasteiger partial charge in [-0.3, -0.25) is 4.79 Å². The second-order valence-corrected chi connectivity index (χ2v) is 9.92. The van der Waals surface area contributed by atoms with E-state index in [2.05, 4.69) is 4.98 Å². The average Bonchev–Trinajstić information content (AvgIpc) is 3.13. The number of hydrogen-bond acceptors (Lipinski definition) is 5. The first kappa shape index (κ1) is 21.6. The predicted octanol–water partition coefficient (Wildman–Crippen LogP) is 1.37. The normalized spacial score (nSPS) is 21.2. The minimum Gasteiger partial charge on any atom is -0.356 e. The van der Waals surface area contributed by atoms with Crippen LogP contribution in [0.4, 0.5) is 0 Å². The van der Waals surface area contributed by atoms with E-state index >= 15 is 0 Å². The Bertz CT molecular complexity index is 709. The van der Waals surface area contributed by atoms with Crippen LogP contribution in [0.25, 0.3) is 0 Å². The molecular weight excluding hydrogens is 396 g/mol. The van der Waals surface area contributed by atoms with Crippen molar-refractivity contribution in [2.75, 3.05) is 37.7 Å². The molecule has 0 radical (unpaired) electrons. The van der Waals surface area contributed by atoms with E-state index in [9.17, 15) is 13.2 Å². The Morgan fingerprint density at radius 3 is 2.46 bits per heavy atom. The maximum atomic E-state index is 12.7. The molecule has 1 aromatic rings. The lowest BCUT2D eigenvalue weighted by Gasteiger charge is -2.33. The van der Waals surface area contributed by atoms with Crippen LogP contribution in [0.15, 0.2) is 17.2 Å². The van der Waals surface area contributed by atoms with Crippen LogP contribution >= 0.6 is 24.2 Å². The highest BCUT2D eigenvalue weighted by atomic mass is 35.5. The topological polar surface area (TPSA) is 99.5 Å². The molecule has 1 amide bonds. The molecule has 0 aromatic carbocycles. The summed E-state index contributed by atoms with van der Waals surface area (Å²) in [4.78, 5) is 17.5. The number of nitrogens with two attached hydrogens (primary N) is 1. The first-order valence-corrected chi connectivity index (χ1v) is 11.3. The monoisotopic (exact) mass is 422 g/mol. The van der Waals surface area contributed by atoms with Gasteiger partial charge in [-0.1, -0.05) is 0 Å². The summed E-state index contributed by atoms with van der Waals surface area (Å²) in [6.45, 7) is 4.37. The van der Waals surface area contributed by atoms with Gasteiger partial charge in [0.05, 0.1) is 0 Å². The zero-order valence-corrected chi connectivity index (χ0v) is 17.3. The maximum absolute atomic E-state index is 12.7. The number of thioether (sulfide) groups is 1. The van der Waals surface area contributed by atoms with Crippen molar-refractivity contribution in [1.29, 1.82) is 0 Å². The van der Waals surface area contributed by atoms with Gasteiger partial charge >= 0.3 is 0 Å². The van der Waals surface area contributed by atoms with Gasteiger partial charge in [0, 0.05) is 49.9 Å². The molecule has 1 unspecified atom stereocenters. The Labute approximate surface area is 165 Å². The number of piperidine rings is 1. The molecule has 0 aliphatic carbocycles. The van der Waals surface area contributed by atoms with Gasteiger partial charge in [0.15, 0.2) is 0 Å². The number of H-pyrrole nitrogens is 1. The average molecular weight is 423 g/mol. The summed E-state index contributed by atoms with van der Waals surface area (Å²) < 4.78 is 26.8. The van der Waals surface area contributed by atoms with Gasteiger partial charge < -0.3 is 15.6 Å². The zero-order chi connectivity index (χ0) is 18.0. The van der Waals surface area contributed by atoms with Crippen LogP contribution in [-0.2, 0) is 10.0 Å². The van der Waals surface area contributed by atoms with Gasteiger partial charge in [0.1, 0.15) is 10.6 Å². The summed E-state index contributed by atoms with van der Waals surface area (Å²) in [5.74, 6) is 1.92. The van der Waals surface area contributed by atoms with E-state index in [1.54, 1.807) is 16.7 Å². The third-order valence-electron chi connectivity index (χ3n) is 5.07. The van der Waals surface area contributed by atoms with Crippen LogP contribution in [0.3, 0.4) is 0 Å². The Morgan fingerprint density at radius 2 is 1.88 bits per heavy atom. The van der Waals surface area contributed by atoms with Crippen molar-refractivity contribution < 1.29 is 13.2 Å². The third kappa shape index (κ3) is 4.56. The molecule has 0 spiro atoms. The Balaban J connectivity index is 0.00000243. The van der Waals surface area contributed by atoms with E-state index in [0.717, 1.165) is 24.3 Å². The largest absolute Gasteiger partial charge is 0.356 e. The minimum atomic E-state index is -3.52. The van der Waals surface area contributed by atoms with Gasteiger partial charge in [0.25, 0.3) is 5.91 Å². The van der Waals surface area contributed by atoms with Gasteiger partial charge in [0.2, 0.25) is 10.0 Å². The van der Waals surface area contributed by atoms with Crippen LogP contribution in [0.1, 0.15) is 30.3 Å². The summed E-state index contributed by atoms with van der Waals surface area (Å²) in [6, 6.07) is 1.61. The smallest absolute Gasteiger partial charge is 0.270 e. The van der Waals surface area contributed by atoms with Crippen molar-refractivity contribution in [3.8, 4) is 0 Å². The molecule has 3 rings (SSSR count). The minimum absolute atomic E-state index is 0. The number of sulfonamides is 1. The zero-order valence-electron chi connectivity index (χ0n) is 14.9. The molecule has 148 valence electrons. The Hall–Kier alpha value is -0.740. The summed E-state index contributed by atoms with van der Waals surface area (Å²) in [7, 11) is -3.52. The SMILES string of the molecule is CC(N)C1CCN(C(=O)c2cc(S(=O)(=O)N3CCSCC3)c[nH]2)CC1.Cl. The van der Waals surface area contributed by atoms with E-state index < -0.39 is 10.0 Å². The molecular formula is C16H27ClN4O3S2. The standard InChI is InChI=1S/C16H26N4O3S2.ClH/c1-12(17)13-2-4-19(5-3-13)16(21)15-10-14(11-18-15)25(22,23)20-6-8-24-9-7-20;/h10-13,18H,2-9,17H2,1H3;1H. The molecule has 7 nitrogen and oxygen atoms in total. The number of aromatic nitrogens is 1. The van der Waals surface area contributed by atoms with Crippen molar-refractivity contribution in [2.45, 2.75) is 30.7 Å². The summed E-state index contributed by atoms with van der Waals surface area (Å²) in [5.41, 5.74) is 6.28. The predicted molar refractivity (Wildman–Crippen MR) is 106 cm³/mol. The number of halogens is 1. The van der Waals surface area contributed by atoms with Crippen LogP contribution in [0.2, 0.25) is 0 Å². The van der Waals surface area contributed by atoms with E-state index in [0.29, 0.717) is 37.8 Å². The molecule has 2 fully saturated rings. The fourth-order valence-electron chi connectivity index (χ4n) is 3.38. The number of nitrogens with one attached hydrogen (secondary N) is 1. The van der Waals surface area contributed by atoms with Crippen LogP contribution < -0.4 is 5.73 Å². The maximum Gasteiger partial charge on any atom is 0.270 e. The second kappa shape index (κ2) is 8.97. The number of carbonyl (C=O) groups excluding carboxylic acids is 1. The number of likely N-dealkylation sites (tertiary alicyclic amines) is 1. The van der Waals surface area contributed by atoms with Crippen molar-refractivity contribution >= 4 is 40.1 Å². The molecule has 3 N–H and O–H groups in total. The molecule has 26 heavy (non-hydrogen) atoms. The number of amides is 1. The van der Waals surface area contributed by atoms with Gasteiger partial charge in [-0.25, -0.2) is 8.42 Å². The number of nitrogens with zero attached hydrogens (tertiary/aromatic N) is 2. The summed E-state index contributed by atoms with van der Waals surface area (Å²) >= 11 is 1.76. The molecule has 10 heteroatoms. The third-order valence-corrected chi connectivity index (χ3v) is 7.88. The lowest BCUT2D eigenvalue weighted by Crippen LogP contribution is -2.42. The molecule has 1 aromatic heterocycles.